The van der Waals surface area contributed by atoms with E-state index < -0.39 is 18.0 Å². The van der Waals surface area contributed by atoms with E-state index in [1.165, 1.54) is 0 Å². The standard InChI is InChI=1S/C12H23N3O2/c1-2-3-6-9(13)12(17)15-8-5-4-7-10(15)11(14)16/h9-10H,2-8,13H2,1H3,(H2,14,16)/t9-,10?/m0/s1. The van der Waals surface area contributed by atoms with Crippen LogP contribution in [0.15, 0.2) is 0 Å². The molecule has 5 nitrogen and oxygen atoms in total. The minimum atomic E-state index is -0.491. The Kier molecular flexibility index (Phi) is 5.41. The Labute approximate surface area is 103 Å². The van der Waals surface area contributed by atoms with Crippen molar-refractivity contribution in [3.63, 3.8) is 0 Å². The molecule has 5 heteroatoms. The first kappa shape index (κ1) is 14.0. The smallest absolute Gasteiger partial charge is 0.240 e. The molecule has 0 radical (unpaired) electrons. The molecule has 0 aromatic heterocycles. The fourth-order valence-electron chi connectivity index (χ4n) is 2.25. The second-order valence-electron chi connectivity index (χ2n) is 4.69. The number of likely N-dealkylation sites (tertiary alicyclic amines) is 1. The zero-order valence-corrected chi connectivity index (χ0v) is 10.5. The van der Waals surface area contributed by atoms with Crippen molar-refractivity contribution in [2.24, 2.45) is 11.5 Å². The van der Waals surface area contributed by atoms with Gasteiger partial charge in [0.15, 0.2) is 0 Å². The Hall–Kier alpha value is -1.10. The summed E-state index contributed by atoms with van der Waals surface area (Å²) in [6.45, 7) is 2.66. The highest BCUT2D eigenvalue weighted by Crippen LogP contribution is 2.18. The number of carbonyl (C=O) groups excluding carboxylic acids is 2. The second-order valence-corrected chi connectivity index (χ2v) is 4.69. The molecule has 17 heavy (non-hydrogen) atoms. The first-order valence-electron chi connectivity index (χ1n) is 6.43. The van der Waals surface area contributed by atoms with E-state index in [0.717, 1.165) is 25.7 Å². The highest BCUT2D eigenvalue weighted by Gasteiger charge is 2.32. The summed E-state index contributed by atoms with van der Waals surface area (Å²) in [4.78, 5) is 25.0. The van der Waals surface area contributed by atoms with Crippen molar-refractivity contribution in [1.82, 2.24) is 4.90 Å². The van der Waals surface area contributed by atoms with Crippen molar-refractivity contribution in [2.45, 2.75) is 57.5 Å². The van der Waals surface area contributed by atoms with Gasteiger partial charge in [-0.2, -0.15) is 0 Å². The molecule has 0 spiro atoms. The van der Waals surface area contributed by atoms with E-state index in [1.54, 1.807) is 4.90 Å². The van der Waals surface area contributed by atoms with Crippen LogP contribution in [-0.4, -0.2) is 35.3 Å². The third kappa shape index (κ3) is 3.70. The first-order chi connectivity index (χ1) is 8.07. The molecule has 0 aliphatic carbocycles. The molecule has 0 aromatic rings. The molecule has 0 bridgehead atoms. The maximum Gasteiger partial charge on any atom is 0.240 e. The van der Waals surface area contributed by atoms with E-state index in [9.17, 15) is 9.59 Å². The lowest BCUT2D eigenvalue weighted by Gasteiger charge is -2.35. The molecule has 0 saturated carbocycles. The van der Waals surface area contributed by atoms with E-state index in [4.69, 9.17) is 11.5 Å². The van der Waals surface area contributed by atoms with Crippen LogP contribution in [0.2, 0.25) is 0 Å². The van der Waals surface area contributed by atoms with Crippen molar-refractivity contribution in [2.75, 3.05) is 6.54 Å². The lowest BCUT2D eigenvalue weighted by molar-refractivity contribution is -0.142. The number of hydrogen-bond donors (Lipinski definition) is 2. The van der Waals surface area contributed by atoms with Gasteiger partial charge in [-0.1, -0.05) is 19.8 Å². The van der Waals surface area contributed by atoms with Crippen molar-refractivity contribution >= 4 is 11.8 Å². The Morgan fingerprint density at radius 1 is 1.41 bits per heavy atom. The number of carbonyl (C=O) groups is 2. The second kappa shape index (κ2) is 6.59. The van der Waals surface area contributed by atoms with Gasteiger partial charge in [0, 0.05) is 6.54 Å². The van der Waals surface area contributed by atoms with Crippen molar-refractivity contribution < 1.29 is 9.59 Å². The molecule has 2 atom stereocenters. The van der Waals surface area contributed by atoms with Crippen molar-refractivity contribution in [3.05, 3.63) is 0 Å². The van der Waals surface area contributed by atoms with Crippen LogP contribution in [0.1, 0.15) is 45.4 Å². The van der Waals surface area contributed by atoms with Crippen LogP contribution in [0, 0.1) is 0 Å². The average molecular weight is 241 g/mol. The molecule has 1 aliphatic heterocycles. The van der Waals surface area contributed by atoms with Gasteiger partial charge in [0.05, 0.1) is 6.04 Å². The summed E-state index contributed by atoms with van der Waals surface area (Å²) >= 11 is 0. The minimum absolute atomic E-state index is 0.123. The number of nitrogens with zero attached hydrogens (tertiary/aromatic N) is 1. The van der Waals surface area contributed by atoms with Gasteiger partial charge in [0.2, 0.25) is 11.8 Å². The van der Waals surface area contributed by atoms with Crippen LogP contribution in [0.5, 0.6) is 0 Å². The van der Waals surface area contributed by atoms with Crippen LogP contribution >= 0.6 is 0 Å². The molecule has 0 aromatic carbocycles. The third-order valence-corrected chi connectivity index (χ3v) is 3.30. The Morgan fingerprint density at radius 3 is 2.71 bits per heavy atom. The largest absolute Gasteiger partial charge is 0.368 e. The van der Waals surface area contributed by atoms with Gasteiger partial charge in [0.25, 0.3) is 0 Å². The summed E-state index contributed by atoms with van der Waals surface area (Å²) in [6.07, 6.45) is 5.17. The number of unbranched alkanes of at least 4 members (excludes halogenated alkanes) is 1. The van der Waals surface area contributed by atoms with E-state index >= 15 is 0 Å². The number of amides is 2. The fourth-order valence-corrected chi connectivity index (χ4v) is 2.25. The van der Waals surface area contributed by atoms with Crippen LogP contribution in [0.25, 0.3) is 0 Å². The number of nitrogens with two attached hydrogens (primary N) is 2. The average Bonchev–Trinajstić information content (AvgIpc) is 2.34. The predicted molar refractivity (Wildman–Crippen MR) is 66.0 cm³/mol. The monoisotopic (exact) mass is 241 g/mol. The topological polar surface area (TPSA) is 89.4 Å². The summed E-state index contributed by atoms with van der Waals surface area (Å²) in [6, 6.07) is -0.946. The number of hydrogen-bond acceptors (Lipinski definition) is 3. The SMILES string of the molecule is CCCC[C@H](N)C(=O)N1CCCCC1C(N)=O. The zero-order valence-electron chi connectivity index (χ0n) is 10.5. The number of piperidine rings is 1. The van der Waals surface area contributed by atoms with Gasteiger partial charge in [-0.3, -0.25) is 9.59 Å². The molecule has 1 heterocycles. The molecule has 2 amide bonds. The predicted octanol–water partition coefficient (Wildman–Crippen LogP) is 0.370. The zero-order chi connectivity index (χ0) is 12.8. The molecule has 1 fully saturated rings. The minimum Gasteiger partial charge on any atom is -0.368 e. The molecule has 1 unspecified atom stereocenters. The third-order valence-electron chi connectivity index (χ3n) is 3.30. The van der Waals surface area contributed by atoms with Gasteiger partial charge >= 0.3 is 0 Å². The van der Waals surface area contributed by atoms with Gasteiger partial charge < -0.3 is 16.4 Å². The van der Waals surface area contributed by atoms with Crippen molar-refractivity contribution in [1.29, 1.82) is 0 Å². The Balaban J connectivity index is 2.61. The summed E-state index contributed by atoms with van der Waals surface area (Å²) < 4.78 is 0. The van der Waals surface area contributed by atoms with E-state index in [1.807, 2.05) is 0 Å². The lowest BCUT2D eigenvalue weighted by atomic mass is 9.99. The fraction of sp³-hybridized carbons (Fsp3) is 0.833. The molecule has 4 N–H and O–H groups in total. The molecular formula is C12H23N3O2. The molecule has 1 aliphatic rings. The molecular weight excluding hydrogens is 218 g/mol. The lowest BCUT2D eigenvalue weighted by Crippen LogP contribution is -2.55. The molecule has 98 valence electrons. The first-order valence-corrected chi connectivity index (χ1v) is 6.43. The summed E-state index contributed by atoms with van der Waals surface area (Å²) in [7, 11) is 0. The van der Waals surface area contributed by atoms with Gasteiger partial charge in [-0.05, 0) is 25.7 Å². The summed E-state index contributed by atoms with van der Waals surface area (Å²) in [5.41, 5.74) is 11.2. The molecule has 1 rings (SSSR count). The Morgan fingerprint density at radius 2 is 2.12 bits per heavy atom. The summed E-state index contributed by atoms with van der Waals surface area (Å²) in [5.74, 6) is -0.539. The highest BCUT2D eigenvalue weighted by molar-refractivity contribution is 5.89. The van der Waals surface area contributed by atoms with Crippen LogP contribution in [0.4, 0.5) is 0 Å². The summed E-state index contributed by atoms with van der Waals surface area (Å²) in [5, 5.41) is 0. The number of primary amides is 1. The van der Waals surface area contributed by atoms with Gasteiger partial charge in [-0.25, -0.2) is 0 Å². The van der Waals surface area contributed by atoms with E-state index in [-0.39, 0.29) is 5.91 Å². The van der Waals surface area contributed by atoms with E-state index in [2.05, 4.69) is 6.92 Å². The van der Waals surface area contributed by atoms with Crippen molar-refractivity contribution in [3.8, 4) is 0 Å². The maximum atomic E-state index is 12.1. The van der Waals surface area contributed by atoms with E-state index in [0.29, 0.717) is 19.4 Å². The van der Waals surface area contributed by atoms with Gasteiger partial charge in [-0.15, -0.1) is 0 Å². The van der Waals surface area contributed by atoms with Crippen LogP contribution in [-0.2, 0) is 9.59 Å². The molecule has 1 saturated heterocycles. The normalized spacial score (nSPS) is 22.2. The highest BCUT2D eigenvalue weighted by atomic mass is 16.2. The Bertz CT molecular complexity index is 281. The maximum absolute atomic E-state index is 12.1. The van der Waals surface area contributed by atoms with Gasteiger partial charge in [0.1, 0.15) is 6.04 Å². The quantitative estimate of drug-likeness (QED) is 0.728. The van der Waals surface area contributed by atoms with Crippen LogP contribution in [0.3, 0.4) is 0 Å². The van der Waals surface area contributed by atoms with Crippen LogP contribution < -0.4 is 11.5 Å². The number of rotatable bonds is 5.